The highest BCUT2D eigenvalue weighted by molar-refractivity contribution is 5.75. The molecule has 0 saturated carbocycles. The lowest BCUT2D eigenvalue weighted by molar-refractivity contribution is -0.139. The minimum atomic E-state index is -0.828. The Morgan fingerprint density at radius 3 is 3.08 bits per heavy atom. The largest absolute Gasteiger partial charge is 0.481 e. The van der Waals surface area contributed by atoms with Gasteiger partial charge in [-0.15, -0.1) is 0 Å². The van der Waals surface area contributed by atoms with Crippen LogP contribution in [0.1, 0.15) is 25.0 Å². The molecule has 0 aliphatic carbocycles. The third-order valence-corrected chi connectivity index (χ3v) is 1.94. The van der Waals surface area contributed by atoms with Gasteiger partial charge < -0.3 is 5.11 Å². The average molecular weight is 180 g/mol. The van der Waals surface area contributed by atoms with E-state index in [9.17, 15) is 4.79 Å². The third-order valence-electron chi connectivity index (χ3n) is 1.94. The van der Waals surface area contributed by atoms with Crippen LogP contribution in [-0.2, 0) is 4.79 Å². The van der Waals surface area contributed by atoms with E-state index in [2.05, 4.69) is 11.7 Å². The van der Waals surface area contributed by atoms with Crippen LogP contribution in [0.15, 0.2) is 18.8 Å². The molecule has 0 bridgehead atoms. The molecule has 4 nitrogen and oxygen atoms in total. The Bertz CT molecular complexity index is 317. The normalized spacial score (nSPS) is 12.4. The van der Waals surface area contributed by atoms with E-state index in [-0.39, 0.29) is 0 Å². The predicted molar refractivity (Wildman–Crippen MR) is 49.3 cm³/mol. The Labute approximate surface area is 76.5 Å². The van der Waals surface area contributed by atoms with Crippen molar-refractivity contribution in [3.05, 3.63) is 24.5 Å². The van der Waals surface area contributed by atoms with Gasteiger partial charge in [-0.3, -0.25) is 4.79 Å². The van der Waals surface area contributed by atoms with Gasteiger partial charge in [0.05, 0.1) is 11.6 Å². The average Bonchev–Trinajstić information content (AvgIpc) is 2.53. The van der Waals surface area contributed by atoms with Crippen molar-refractivity contribution in [2.75, 3.05) is 0 Å². The summed E-state index contributed by atoms with van der Waals surface area (Å²) in [7, 11) is 0. The Balaban J connectivity index is 3.03. The molecule has 1 atom stereocenters. The number of rotatable bonds is 4. The van der Waals surface area contributed by atoms with Gasteiger partial charge in [0, 0.05) is 12.4 Å². The van der Waals surface area contributed by atoms with Crippen molar-refractivity contribution in [3.8, 4) is 0 Å². The molecular weight excluding hydrogens is 168 g/mol. The number of carbonyl (C=O) groups is 1. The molecule has 0 saturated heterocycles. The van der Waals surface area contributed by atoms with Crippen molar-refractivity contribution in [2.45, 2.75) is 19.3 Å². The van der Waals surface area contributed by atoms with Crippen LogP contribution < -0.4 is 0 Å². The second-order valence-electron chi connectivity index (χ2n) is 2.68. The van der Waals surface area contributed by atoms with Crippen LogP contribution in [-0.4, -0.2) is 20.9 Å². The lowest BCUT2D eigenvalue weighted by atomic mass is 10.0. The van der Waals surface area contributed by atoms with E-state index < -0.39 is 11.9 Å². The number of hydrogen-bond acceptors (Lipinski definition) is 2. The molecular formula is C9H12N2O2. The summed E-state index contributed by atoms with van der Waals surface area (Å²) in [5.74, 6) is -1.33. The molecule has 0 aliphatic heterocycles. The van der Waals surface area contributed by atoms with Crippen molar-refractivity contribution in [1.29, 1.82) is 0 Å². The maximum absolute atomic E-state index is 10.8. The molecule has 0 spiro atoms. The molecule has 0 aliphatic rings. The summed E-state index contributed by atoms with van der Waals surface area (Å²) < 4.78 is 1.49. The van der Waals surface area contributed by atoms with Crippen LogP contribution in [0.3, 0.4) is 0 Å². The van der Waals surface area contributed by atoms with Gasteiger partial charge in [-0.05, 0) is 12.5 Å². The number of nitrogens with zero attached hydrogens (tertiary/aromatic N) is 2. The highest BCUT2D eigenvalue weighted by Crippen LogP contribution is 2.19. The fourth-order valence-electron chi connectivity index (χ4n) is 1.26. The van der Waals surface area contributed by atoms with Gasteiger partial charge in [0.1, 0.15) is 0 Å². The summed E-state index contributed by atoms with van der Waals surface area (Å²) in [6.07, 6.45) is 3.62. The molecule has 0 aromatic carbocycles. The van der Waals surface area contributed by atoms with Crippen molar-refractivity contribution in [1.82, 2.24) is 9.78 Å². The maximum Gasteiger partial charge on any atom is 0.312 e. The zero-order valence-electron chi connectivity index (χ0n) is 7.47. The number of hydrogen-bond donors (Lipinski definition) is 1. The summed E-state index contributed by atoms with van der Waals surface area (Å²) in [5, 5.41) is 12.8. The van der Waals surface area contributed by atoms with E-state index in [1.165, 1.54) is 10.9 Å². The molecule has 1 heterocycles. The zero-order chi connectivity index (χ0) is 9.84. The van der Waals surface area contributed by atoms with Gasteiger partial charge in [0.25, 0.3) is 0 Å². The molecule has 1 unspecified atom stereocenters. The molecule has 1 aromatic rings. The van der Waals surface area contributed by atoms with Crippen LogP contribution in [0.25, 0.3) is 6.20 Å². The highest BCUT2D eigenvalue weighted by atomic mass is 16.4. The van der Waals surface area contributed by atoms with Crippen LogP contribution in [0.5, 0.6) is 0 Å². The van der Waals surface area contributed by atoms with E-state index >= 15 is 0 Å². The van der Waals surface area contributed by atoms with Gasteiger partial charge >= 0.3 is 5.97 Å². The van der Waals surface area contributed by atoms with Gasteiger partial charge in [-0.1, -0.05) is 13.5 Å². The van der Waals surface area contributed by atoms with Crippen LogP contribution >= 0.6 is 0 Å². The number of carboxylic acid groups (broad SMARTS) is 1. The second-order valence-corrected chi connectivity index (χ2v) is 2.68. The molecule has 1 aromatic heterocycles. The summed E-state index contributed by atoms with van der Waals surface area (Å²) in [4.78, 5) is 10.8. The van der Waals surface area contributed by atoms with E-state index in [1.54, 1.807) is 12.3 Å². The molecule has 0 radical (unpaired) electrons. The van der Waals surface area contributed by atoms with E-state index in [0.717, 1.165) is 0 Å². The molecule has 4 heteroatoms. The topological polar surface area (TPSA) is 55.1 Å². The lowest BCUT2D eigenvalue weighted by Crippen LogP contribution is -2.13. The minimum absolute atomic E-state index is 0.500. The first-order chi connectivity index (χ1) is 6.20. The summed E-state index contributed by atoms with van der Waals surface area (Å²) in [6.45, 7) is 5.38. The predicted octanol–water partition coefficient (Wildman–Crippen LogP) is 1.56. The number of aliphatic carboxylic acids is 1. The van der Waals surface area contributed by atoms with Crippen LogP contribution in [0.2, 0.25) is 0 Å². The molecule has 0 fully saturated rings. The summed E-state index contributed by atoms with van der Waals surface area (Å²) in [6, 6.07) is 1.70. The number of carboxylic acids is 1. The van der Waals surface area contributed by atoms with E-state index in [4.69, 9.17) is 5.11 Å². The smallest absolute Gasteiger partial charge is 0.312 e. The molecule has 13 heavy (non-hydrogen) atoms. The quantitative estimate of drug-likeness (QED) is 0.765. The Morgan fingerprint density at radius 1 is 1.92 bits per heavy atom. The first kappa shape index (κ1) is 9.51. The SMILES string of the molecule is C=Cn1nccc1C(CC)C(=O)O. The molecule has 1 N–H and O–H groups in total. The van der Waals surface area contributed by atoms with Crippen molar-refractivity contribution < 1.29 is 9.90 Å². The van der Waals surface area contributed by atoms with Gasteiger partial charge in [-0.25, -0.2) is 4.68 Å². The number of aromatic nitrogens is 2. The lowest BCUT2D eigenvalue weighted by Gasteiger charge is -2.09. The minimum Gasteiger partial charge on any atom is -0.481 e. The van der Waals surface area contributed by atoms with E-state index in [0.29, 0.717) is 12.1 Å². The fraction of sp³-hybridized carbons (Fsp3) is 0.333. The van der Waals surface area contributed by atoms with Crippen molar-refractivity contribution >= 4 is 12.2 Å². The second kappa shape index (κ2) is 3.89. The van der Waals surface area contributed by atoms with Crippen LogP contribution in [0, 0.1) is 0 Å². The van der Waals surface area contributed by atoms with Gasteiger partial charge in [-0.2, -0.15) is 5.10 Å². The Kier molecular flexibility index (Phi) is 2.84. The van der Waals surface area contributed by atoms with Crippen LogP contribution in [0.4, 0.5) is 0 Å². The first-order valence-corrected chi connectivity index (χ1v) is 4.09. The molecule has 1 rings (SSSR count). The summed E-state index contributed by atoms with van der Waals surface area (Å²) in [5.41, 5.74) is 0.671. The van der Waals surface area contributed by atoms with E-state index in [1.807, 2.05) is 6.92 Å². The highest BCUT2D eigenvalue weighted by Gasteiger charge is 2.20. The van der Waals surface area contributed by atoms with Gasteiger partial charge in [0.15, 0.2) is 0 Å². The fourth-order valence-corrected chi connectivity index (χ4v) is 1.26. The molecule has 0 amide bonds. The Hall–Kier alpha value is -1.58. The molecule has 70 valence electrons. The van der Waals surface area contributed by atoms with Crippen molar-refractivity contribution in [3.63, 3.8) is 0 Å². The monoisotopic (exact) mass is 180 g/mol. The zero-order valence-corrected chi connectivity index (χ0v) is 7.47. The standard InChI is InChI=1S/C9H12N2O2/c1-3-7(9(12)13)8-5-6-10-11(8)4-2/h4-7H,2-3H2,1H3,(H,12,13). The maximum atomic E-state index is 10.8. The summed E-state index contributed by atoms with van der Waals surface area (Å²) >= 11 is 0. The Morgan fingerprint density at radius 2 is 2.62 bits per heavy atom. The third kappa shape index (κ3) is 1.77. The van der Waals surface area contributed by atoms with Gasteiger partial charge in [0.2, 0.25) is 0 Å². The first-order valence-electron chi connectivity index (χ1n) is 4.09. The van der Waals surface area contributed by atoms with Crippen molar-refractivity contribution in [2.24, 2.45) is 0 Å².